The van der Waals surface area contributed by atoms with Crippen LogP contribution in [0.3, 0.4) is 0 Å². The van der Waals surface area contributed by atoms with Crippen LogP contribution in [0.5, 0.6) is 0 Å². The molecule has 0 aliphatic rings. The maximum Gasteiger partial charge on any atom is 0.142 e. The highest BCUT2D eigenvalue weighted by Gasteiger charge is 2.18. The molecular weight excluding hydrogens is 241 g/mol. The van der Waals surface area contributed by atoms with Crippen LogP contribution in [0.4, 0.5) is 4.39 Å². The van der Waals surface area contributed by atoms with Crippen molar-refractivity contribution in [1.29, 1.82) is 0 Å². The lowest BCUT2D eigenvalue weighted by Gasteiger charge is -2.22. The zero-order valence-electron chi connectivity index (χ0n) is 10.2. The number of hydrogen-bond acceptors (Lipinski definition) is 2. The van der Waals surface area contributed by atoms with Gasteiger partial charge in [0.15, 0.2) is 0 Å². The minimum atomic E-state index is -0.402. The molecule has 0 fully saturated rings. The Morgan fingerprint density at radius 1 is 1.47 bits per heavy atom. The van der Waals surface area contributed by atoms with Crippen LogP contribution in [0.25, 0.3) is 0 Å². The standard InChI is InChI=1S/C13H19ClFNO/c1-3-5-12(17-2)11(16)8-9-6-4-7-10(15)13(9)14/h4,6-7,11-12H,3,5,8,16H2,1-2H3. The Bertz CT molecular complexity index is 359. The van der Waals surface area contributed by atoms with E-state index in [9.17, 15) is 4.39 Å². The first-order valence-corrected chi connectivity index (χ1v) is 6.19. The van der Waals surface area contributed by atoms with Gasteiger partial charge >= 0.3 is 0 Å². The maximum absolute atomic E-state index is 13.3. The van der Waals surface area contributed by atoms with Crippen LogP contribution in [-0.4, -0.2) is 19.3 Å². The molecule has 1 aromatic rings. The van der Waals surface area contributed by atoms with Crippen molar-refractivity contribution < 1.29 is 9.13 Å². The second-order valence-electron chi connectivity index (χ2n) is 4.14. The van der Waals surface area contributed by atoms with Crippen LogP contribution in [0.1, 0.15) is 25.3 Å². The van der Waals surface area contributed by atoms with E-state index in [-0.39, 0.29) is 17.2 Å². The highest BCUT2D eigenvalue weighted by molar-refractivity contribution is 6.31. The van der Waals surface area contributed by atoms with Crippen molar-refractivity contribution in [1.82, 2.24) is 0 Å². The Morgan fingerprint density at radius 2 is 2.18 bits per heavy atom. The fourth-order valence-electron chi connectivity index (χ4n) is 1.88. The highest BCUT2D eigenvalue weighted by Crippen LogP contribution is 2.22. The number of hydrogen-bond donors (Lipinski definition) is 1. The Kier molecular flexibility index (Phi) is 5.89. The quantitative estimate of drug-likeness (QED) is 0.852. The van der Waals surface area contributed by atoms with Gasteiger partial charge in [-0.2, -0.15) is 0 Å². The molecule has 96 valence electrons. The molecule has 0 saturated carbocycles. The van der Waals surface area contributed by atoms with Gasteiger partial charge in [0.2, 0.25) is 0 Å². The predicted molar refractivity (Wildman–Crippen MR) is 68.8 cm³/mol. The van der Waals surface area contributed by atoms with Crippen molar-refractivity contribution in [3.05, 3.63) is 34.6 Å². The van der Waals surface area contributed by atoms with Gasteiger partial charge in [0.25, 0.3) is 0 Å². The highest BCUT2D eigenvalue weighted by atomic mass is 35.5. The van der Waals surface area contributed by atoms with Crippen LogP contribution in [0.2, 0.25) is 5.02 Å². The minimum Gasteiger partial charge on any atom is -0.380 e. The van der Waals surface area contributed by atoms with E-state index in [1.165, 1.54) is 6.07 Å². The largest absolute Gasteiger partial charge is 0.380 e. The Balaban J connectivity index is 2.72. The lowest BCUT2D eigenvalue weighted by molar-refractivity contribution is 0.0726. The number of halogens is 2. The predicted octanol–water partition coefficient (Wildman–Crippen LogP) is 3.16. The van der Waals surface area contributed by atoms with Gasteiger partial charge in [-0.1, -0.05) is 37.1 Å². The van der Waals surface area contributed by atoms with Gasteiger partial charge in [0.05, 0.1) is 11.1 Å². The van der Waals surface area contributed by atoms with E-state index in [1.807, 2.05) is 0 Å². The van der Waals surface area contributed by atoms with E-state index < -0.39 is 5.82 Å². The van der Waals surface area contributed by atoms with Crippen LogP contribution >= 0.6 is 11.6 Å². The second kappa shape index (κ2) is 6.94. The van der Waals surface area contributed by atoms with E-state index >= 15 is 0 Å². The molecule has 0 saturated heterocycles. The third kappa shape index (κ3) is 3.95. The molecule has 17 heavy (non-hydrogen) atoms. The van der Waals surface area contributed by atoms with Gasteiger partial charge in [-0.3, -0.25) is 0 Å². The summed E-state index contributed by atoms with van der Waals surface area (Å²) in [5, 5.41) is 0.161. The average Bonchev–Trinajstić information content (AvgIpc) is 2.31. The zero-order valence-corrected chi connectivity index (χ0v) is 11.0. The molecule has 2 unspecified atom stereocenters. The van der Waals surface area contributed by atoms with Gasteiger partial charge in [-0.25, -0.2) is 4.39 Å². The van der Waals surface area contributed by atoms with Crippen molar-refractivity contribution in [2.24, 2.45) is 5.73 Å². The normalized spacial score (nSPS) is 14.6. The third-order valence-electron chi connectivity index (χ3n) is 2.84. The van der Waals surface area contributed by atoms with Crippen molar-refractivity contribution in [3.8, 4) is 0 Å². The number of rotatable bonds is 6. The van der Waals surface area contributed by atoms with Crippen molar-refractivity contribution in [2.75, 3.05) is 7.11 Å². The van der Waals surface area contributed by atoms with Crippen LogP contribution in [0, 0.1) is 5.82 Å². The monoisotopic (exact) mass is 259 g/mol. The van der Waals surface area contributed by atoms with Gasteiger partial charge in [-0.05, 0) is 24.5 Å². The molecule has 0 aliphatic heterocycles. The molecule has 0 heterocycles. The molecule has 1 aromatic carbocycles. The molecule has 2 N–H and O–H groups in total. The molecule has 0 spiro atoms. The Morgan fingerprint density at radius 3 is 2.76 bits per heavy atom. The summed E-state index contributed by atoms with van der Waals surface area (Å²) < 4.78 is 18.6. The summed E-state index contributed by atoms with van der Waals surface area (Å²) in [7, 11) is 1.65. The molecule has 4 heteroatoms. The van der Waals surface area contributed by atoms with Crippen molar-refractivity contribution >= 4 is 11.6 Å². The smallest absolute Gasteiger partial charge is 0.142 e. The lowest BCUT2D eigenvalue weighted by Crippen LogP contribution is -2.38. The summed E-state index contributed by atoms with van der Waals surface area (Å²) in [4.78, 5) is 0. The number of ether oxygens (including phenoxy) is 1. The molecule has 2 atom stereocenters. The van der Waals surface area contributed by atoms with Gasteiger partial charge in [0, 0.05) is 13.2 Å². The Labute approximate surface area is 107 Å². The van der Waals surface area contributed by atoms with Crippen molar-refractivity contribution in [2.45, 2.75) is 38.3 Å². The maximum atomic E-state index is 13.3. The van der Waals surface area contributed by atoms with Crippen LogP contribution in [0.15, 0.2) is 18.2 Å². The van der Waals surface area contributed by atoms with E-state index in [0.29, 0.717) is 6.42 Å². The summed E-state index contributed by atoms with van der Waals surface area (Å²) in [6.07, 6.45) is 2.40. The summed E-state index contributed by atoms with van der Waals surface area (Å²) in [5.41, 5.74) is 6.79. The molecule has 1 rings (SSSR count). The first-order chi connectivity index (χ1) is 8.10. The van der Waals surface area contributed by atoms with E-state index in [4.69, 9.17) is 22.1 Å². The third-order valence-corrected chi connectivity index (χ3v) is 3.26. The fourth-order valence-corrected chi connectivity index (χ4v) is 2.09. The summed E-state index contributed by atoms with van der Waals surface area (Å²) in [6, 6.07) is 4.62. The Hall–Kier alpha value is -0.640. The lowest BCUT2D eigenvalue weighted by atomic mass is 9.99. The molecule has 0 aliphatic carbocycles. The fraction of sp³-hybridized carbons (Fsp3) is 0.538. The molecule has 0 radical (unpaired) electrons. The van der Waals surface area contributed by atoms with Crippen LogP contribution < -0.4 is 5.73 Å². The molecule has 0 bridgehead atoms. The van der Waals surface area contributed by atoms with Crippen LogP contribution in [-0.2, 0) is 11.2 Å². The molecule has 0 aromatic heterocycles. The summed E-state index contributed by atoms with van der Waals surface area (Å²) in [5.74, 6) is -0.402. The van der Waals surface area contributed by atoms with E-state index in [1.54, 1.807) is 19.2 Å². The number of benzene rings is 1. The van der Waals surface area contributed by atoms with Gasteiger partial charge in [0.1, 0.15) is 5.82 Å². The van der Waals surface area contributed by atoms with E-state index in [0.717, 1.165) is 18.4 Å². The van der Waals surface area contributed by atoms with Crippen molar-refractivity contribution in [3.63, 3.8) is 0 Å². The first-order valence-electron chi connectivity index (χ1n) is 5.81. The molecular formula is C13H19ClFNO. The number of nitrogens with two attached hydrogens (primary N) is 1. The minimum absolute atomic E-state index is 0.0145. The summed E-state index contributed by atoms with van der Waals surface area (Å²) >= 11 is 5.89. The first kappa shape index (κ1) is 14.4. The van der Waals surface area contributed by atoms with Gasteiger partial charge in [-0.15, -0.1) is 0 Å². The average molecular weight is 260 g/mol. The number of methoxy groups -OCH3 is 1. The molecule has 2 nitrogen and oxygen atoms in total. The summed E-state index contributed by atoms with van der Waals surface area (Å²) in [6.45, 7) is 2.08. The SMILES string of the molecule is CCCC(OC)C(N)Cc1cccc(F)c1Cl. The zero-order chi connectivity index (χ0) is 12.8. The van der Waals surface area contributed by atoms with Gasteiger partial charge < -0.3 is 10.5 Å². The topological polar surface area (TPSA) is 35.2 Å². The van der Waals surface area contributed by atoms with E-state index in [2.05, 4.69) is 6.92 Å². The molecule has 0 amide bonds. The second-order valence-corrected chi connectivity index (χ2v) is 4.52.